The van der Waals surface area contributed by atoms with E-state index < -0.39 is 24.0 Å². The van der Waals surface area contributed by atoms with Gasteiger partial charge >= 0.3 is 6.09 Å². The molecule has 5 heteroatoms. The zero-order valence-corrected chi connectivity index (χ0v) is 13.6. The molecule has 0 saturated carbocycles. The maximum absolute atomic E-state index is 12.8. The third kappa shape index (κ3) is 4.11. The van der Waals surface area contributed by atoms with Gasteiger partial charge in [0.05, 0.1) is 18.1 Å². The number of hydrogen-bond donors (Lipinski definition) is 1. The number of benzene rings is 1. The van der Waals surface area contributed by atoms with Crippen molar-refractivity contribution < 1.29 is 19.4 Å². The number of cyclic esters (lactones) is 1. The lowest BCUT2D eigenvalue weighted by Gasteiger charge is -2.26. The highest BCUT2D eigenvalue weighted by Crippen LogP contribution is 2.24. The molecule has 0 aliphatic carbocycles. The van der Waals surface area contributed by atoms with Crippen LogP contribution in [0.15, 0.2) is 55.6 Å². The lowest BCUT2D eigenvalue weighted by Crippen LogP contribution is -2.46. The van der Waals surface area contributed by atoms with Gasteiger partial charge < -0.3 is 9.84 Å². The molecule has 1 N–H and O–H groups in total. The molecule has 24 heavy (non-hydrogen) atoms. The topological polar surface area (TPSA) is 66.8 Å². The van der Waals surface area contributed by atoms with Crippen molar-refractivity contribution in [3.05, 3.63) is 61.2 Å². The fraction of sp³-hybridized carbons (Fsp3) is 0.368. The molecule has 1 aromatic carbocycles. The summed E-state index contributed by atoms with van der Waals surface area (Å²) in [7, 11) is 0. The number of rotatable bonds is 8. The van der Waals surface area contributed by atoms with Crippen molar-refractivity contribution >= 4 is 12.0 Å². The molecule has 1 aliphatic heterocycles. The van der Waals surface area contributed by atoms with Gasteiger partial charge in [-0.15, -0.1) is 13.2 Å². The molecule has 3 atom stereocenters. The van der Waals surface area contributed by atoms with E-state index >= 15 is 0 Å². The zero-order chi connectivity index (χ0) is 17.5. The summed E-state index contributed by atoms with van der Waals surface area (Å²) in [4.78, 5) is 26.1. The molecule has 0 aromatic heterocycles. The molecule has 0 spiro atoms. The molecular weight excluding hydrogens is 306 g/mol. The minimum atomic E-state index is -1.01. The van der Waals surface area contributed by atoms with Crippen molar-refractivity contribution in [1.29, 1.82) is 0 Å². The van der Waals surface area contributed by atoms with Crippen molar-refractivity contribution in [1.82, 2.24) is 4.90 Å². The summed E-state index contributed by atoms with van der Waals surface area (Å²) < 4.78 is 5.08. The number of hydrogen-bond acceptors (Lipinski definition) is 4. The van der Waals surface area contributed by atoms with Crippen molar-refractivity contribution in [2.75, 3.05) is 6.61 Å². The van der Waals surface area contributed by atoms with E-state index in [1.54, 1.807) is 6.08 Å². The predicted molar refractivity (Wildman–Crippen MR) is 91.3 cm³/mol. The first-order valence-corrected chi connectivity index (χ1v) is 8.03. The van der Waals surface area contributed by atoms with Crippen LogP contribution in [0.2, 0.25) is 0 Å². The van der Waals surface area contributed by atoms with E-state index in [0.717, 1.165) is 10.5 Å². The van der Waals surface area contributed by atoms with Crippen LogP contribution in [0.5, 0.6) is 0 Å². The summed E-state index contributed by atoms with van der Waals surface area (Å²) in [5.74, 6) is -1.16. The summed E-state index contributed by atoms with van der Waals surface area (Å²) in [5, 5.41) is 10.1. The molecule has 0 radical (unpaired) electrons. The monoisotopic (exact) mass is 329 g/mol. The van der Waals surface area contributed by atoms with Gasteiger partial charge in [0.15, 0.2) is 0 Å². The average molecular weight is 329 g/mol. The van der Waals surface area contributed by atoms with E-state index in [-0.39, 0.29) is 12.6 Å². The molecule has 2 rings (SSSR count). The van der Waals surface area contributed by atoms with Gasteiger partial charge in [0, 0.05) is 0 Å². The highest BCUT2D eigenvalue weighted by molar-refractivity contribution is 5.95. The van der Waals surface area contributed by atoms with Crippen LogP contribution >= 0.6 is 0 Å². The summed E-state index contributed by atoms with van der Waals surface area (Å²) in [6.07, 6.45) is 2.82. The summed E-state index contributed by atoms with van der Waals surface area (Å²) in [6.45, 7) is 7.34. The van der Waals surface area contributed by atoms with Gasteiger partial charge in [-0.1, -0.05) is 42.5 Å². The van der Waals surface area contributed by atoms with E-state index in [1.807, 2.05) is 30.3 Å². The van der Waals surface area contributed by atoms with Crippen molar-refractivity contribution in [2.45, 2.75) is 31.4 Å². The first-order chi connectivity index (χ1) is 11.6. The Morgan fingerprint density at radius 1 is 1.38 bits per heavy atom. The summed E-state index contributed by atoms with van der Waals surface area (Å²) in [5.41, 5.74) is 1.02. The molecule has 0 unspecified atom stereocenters. The summed E-state index contributed by atoms with van der Waals surface area (Å²) in [6, 6.07) is 9.25. The fourth-order valence-corrected chi connectivity index (χ4v) is 2.85. The Morgan fingerprint density at radius 3 is 2.71 bits per heavy atom. The van der Waals surface area contributed by atoms with Gasteiger partial charge in [0.2, 0.25) is 5.91 Å². The SMILES string of the molecule is C=CCC[C@H](C(=O)N1C(=O)OC[C@@H]1Cc1ccccc1)[C@H](O)C=C. The van der Waals surface area contributed by atoms with Gasteiger partial charge in [-0.05, 0) is 24.8 Å². The molecule has 0 bridgehead atoms. The predicted octanol–water partition coefficient (Wildman–Crippen LogP) is 2.71. The smallest absolute Gasteiger partial charge is 0.416 e. The van der Waals surface area contributed by atoms with Crippen LogP contribution in [0.4, 0.5) is 4.79 Å². The third-order valence-corrected chi connectivity index (χ3v) is 4.17. The van der Waals surface area contributed by atoms with Crippen LogP contribution in [-0.4, -0.2) is 40.8 Å². The van der Waals surface area contributed by atoms with Crippen molar-refractivity contribution in [3.63, 3.8) is 0 Å². The minimum Gasteiger partial charge on any atom is -0.447 e. The Hall–Kier alpha value is -2.40. The van der Waals surface area contributed by atoms with Gasteiger partial charge in [-0.25, -0.2) is 9.69 Å². The van der Waals surface area contributed by atoms with Crippen LogP contribution in [0.25, 0.3) is 0 Å². The van der Waals surface area contributed by atoms with Crippen LogP contribution in [0.1, 0.15) is 18.4 Å². The second-order valence-electron chi connectivity index (χ2n) is 5.83. The standard InChI is InChI=1S/C19H23NO4/c1-3-5-11-16(17(21)4-2)18(22)20-15(13-24-19(20)23)12-14-9-7-6-8-10-14/h3-4,6-10,15-17,21H,1-2,5,11-13H2/t15-,16-,17+/m0/s1. The van der Waals surface area contributed by atoms with Crippen LogP contribution in [0.3, 0.4) is 0 Å². The molecular formula is C19H23NO4. The maximum atomic E-state index is 12.8. The van der Waals surface area contributed by atoms with Gasteiger partial charge in [0.1, 0.15) is 6.61 Å². The number of nitrogens with zero attached hydrogens (tertiary/aromatic N) is 1. The van der Waals surface area contributed by atoms with E-state index in [1.165, 1.54) is 6.08 Å². The second kappa shape index (κ2) is 8.45. The number of imide groups is 1. The molecule has 1 heterocycles. The summed E-state index contributed by atoms with van der Waals surface area (Å²) >= 11 is 0. The van der Waals surface area contributed by atoms with Crippen molar-refractivity contribution in [3.8, 4) is 0 Å². The van der Waals surface area contributed by atoms with Crippen LogP contribution in [0, 0.1) is 5.92 Å². The molecule has 2 amide bonds. The Kier molecular flexibility index (Phi) is 6.32. The van der Waals surface area contributed by atoms with Gasteiger partial charge in [-0.2, -0.15) is 0 Å². The highest BCUT2D eigenvalue weighted by Gasteiger charge is 2.41. The zero-order valence-electron chi connectivity index (χ0n) is 13.6. The maximum Gasteiger partial charge on any atom is 0.416 e. The van der Waals surface area contributed by atoms with Crippen LogP contribution in [-0.2, 0) is 16.0 Å². The normalized spacial score (nSPS) is 19.5. The Labute approximate surface area is 142 Å². The van der Waals surface area contributed by atoms with E-state index in [9.17, 15) is 14.7 Å². The Bertz CT molecular complexity index is 599. The number of aliphatic hydroxyl groups is 1. The number of carbonyl (C=O) groups is 2. The molecule has 1 aromatic rings. The number of amides is 2. The molecule has 1 saturated heterocycles. The quantitative estimate of drug-likeness (QED) is 0.745. The number of ether oxygens (including phenoxy) is 1. The minimum absolute atomic E-state index is 0.165. The lowest BCUT2D eigenvalue weighted by molar-refractivity contribution is -0.136. The molecule has 128 valence electrons. The molecule has 1 fully saturated rings. The van der Waals surface area contributed by atoms with Gasteiger partial charge in [-0.3, -0.25) is 4.79 Å². The van der Waals surface area contributed by atoms with Crippen molar-refractivity contribution in [2.24, 2.45) is 5.92 Å². The number of carbonyl (C=O) groups excluding carboxylic acids is 2. The Morgan fingerprint density at radius 2 is 2.08 bits per heavy atom. The number of aliphatic hydroxyl groups excluding tert-OH is 1. The van der Waals surface area contributed by atoms with Crippen LogP contribution < -0.4 is 0 Å². The van der Waals surface area contributed by atoms with Gasteiger partial charge in [0.25, 0.3) is 0 Å². The second-order valence-corrected chi connectivity index (χ2v) is 5.83. The largest absolute Gasteiger partial charge is 0.447 e. The fourth-order valence-electron chi connectivity index (χ4n) is 2.85. The van der Waals surface area contributed by atoms with E-state index in [0.29, 0.717) is 19.3 Å². The van der Waals surface area contributed by atoms with E-state index in [2.05, 4.69) is 13.2 Å². The highest BCUT2D eigenvalue weighted by atomic mass is 16.6. The number of allylic oxidation sites excluding steroid dienone is 1. The first-order valence-electron chi connectivity index (χ1n) is 8.03. The van der Waals surface area contributed by atoms with E-state index in [4.69, 9.17) is 4.74 Å². The Balaban J connectivity index is 2.17. The third-order valence-electron chi connectivity index (χ3n) is 4.17. The lowest BCUT2D eigenvalue weighted by atomic mass is 9.94. The average Bonchev–Trinajstić information content (AvgIpc) is 2.96. The first kappa shape index (κ1) is 17.9. The molecule has 1 aliphatic rings. The molecule has 5 nitrogen and oxygen atoms in total.